The molecule has 0 saturated heterocycles. The molecule has 0 aliphatic carbocycles. The molecule has 0 saturated carbocycles. The highest BCUT2D eigenvalue weighted by atomic mass is 16.3. The number of aliphatic hydroxyl groups excluding tert-OH is 1. The largest absolute Gasteiger partial charge is 0.392 e. The molecule has 0 spiro atoms. The van der Waals surface area contributed by atoms with E-state index in [-0.39, 0.29) is 0 Å². The summed E-state index contributed by atoms with van der Waals surface area (Å²) in [7, 11) is 0. The minimum atomic E-state index is -0.672. The van der Waals surface area contributed by atoms with Gasteiger partial charge in [-0.1, -0.05) is 0 Å². The van der Waals surface area contributed by atoms with Crippen molar-refractivity contribution >= 4 is 5.91 Å². The molecule has 0 aromatic carbocycles. The molecule has 0 heterocycles. The second-order valence-corrected chi connectivity index (χ2v) is 2.52. The molecule has 5 heteroatoms. The van der Waals surface area contributed by atoms with Crippen LogP contribution in [-0.2, 0) is 4.79 Å². The number of carbonyl (C=O) groups excluding carboxylic acids is 1. The first kappa shape index (κ1) is 10.3. The first-order valence-corrected chi connectivity index (χ1v) is 3.47. The standard InChI is InChI=1S/C6H15N3O2/c1-4(10)2-9-3-5(7)6(8)11/h4-5,9-10H,2-3,7H2,1H3,(H2,8,11). The Labute approximate surface area is 65.7 Å². The number of hydrogen-bond donors (Lipinski definition) is 4. The van der Waals surface area contributed by atoms with Crippen molar-refractivity contribution in [3.63, 3.8) is 0 Å². The number of aliphatic hydroxyl groups is 1. The van der Waals surface area contributed by atoms with E-state index in [0.717, 1.165) is 0 Å². The summed E-state index contributed by atoms with van der Waals surface area (Å²) in [6, 6.07) is -0.672. The summed E-state index contributed by atoms with van der Waals surface area (Å²) in [4.78, 5) is 10.4. The van der Waals surface area contributed by atoms with Crippen molar-refractivity contribution in [2.75, 3.05) is 13.1 Å². The van der Waals surface area contributed by atoms with Gasteiger partial charge < -0.3 is 21.9 Å². The van der Waals surface area contributed by atoms with E-state index in [0.29, 0.717) is 13.1 Å². The maximum atomic E-state index is 10.4. The lowest BCUT2D eigenvalue weighted by Crippen LogP contribution is -2.45. The fourth-order valence-electron chi connectivity index (χ4n) is 0.548. The highest BCUT2D eigenvalue weighted by molar-refractivity contribution is 5.79. The number of nitrogens with one attached hydrogen (secondary N) is 1. The van der Waals surface area contributed by atoms with E-state index in [2.05, 4.69) is 5.32 Å². The van der Waals surface area contributed by atoms with Gasteiger partial charge in [0.25, 0.3) is 0 Å². The summed E-state index contributed by atoms with van der Waals surface area (Å²) >= 11 is 0. The van der Waals surface area contributed by atoms with Crippen molar-refractivity contribution in [2.24, 2.45) is 11.5 Å². The summed E-state index contributed by atoms with van der Waals surface area (Å²) in [5.74, 6) is -0.539. The molecule has 0 fully saturated rings. The van der Waals surface area contributed by atoms with Gasteiger partial charge in [0, 0.05) is 13.1 Å². The van der Waals surface area contributed by atoms with Crippen molar-refractivity contribution in [1.82, 2.24) is 5.32 Å². The Kier molecular flexibility index (Phi) is 4.76. The number of primary amides is 1. The van der Waals surface area contributed by atoms with Gasteiger partial charge in [0.15, 0.2) is 0 Å². The number of amides is 1. The van der Waals surface area contributed by atoms with Gasteiger partial charge in [-0.25, -0.2) is 0 Å². The van der Waals surface area contributed by atoms with Gasteiger partial charge in [0.1, 0.15) is 0 Å². The van der Waals surface area contributed by atoms with Gasteiger partial charge >= 0.3 is 0 Å². The van der Waals surface area contributed by atoms with E-state index in [1.54, 1.807) is 6.92 Å². The zero-order valence-electron chi connectivity index (χ0n) is 6.58. The summed E-state index contributed by atoms with van der Waals surface area (Å²) in [6.45, 7) is 2.37. The van der Waals surface area contributed by atoms with Crippen LogP contribution in [0.15, 0.2) is 0 Å². The molecule has 0 aliphatic heterocycles. The van der Waals surface area contributed by atoms with Gasteiger partial charge in [-0.2, -0.15) is 0 Å². The SMILES string of the molecule is CC(O)CNCC(N)C(N)=O. The van der Waals surface area contributed by atoms with Crippen LogP contribution in [0.4, 0.5) is 0 Å². The zero-order chi connectivity index (χ0) is 8.85. The fourth-order valence-corrected chi connectivity index (χ4v) is 0.548. The Morgan fingerprint density at radius 3 is 2.55 bits per heavy atom. The number of rotatable bonds is 5. The van der Waals surface area contributed by atoms with Gasteiger partial charge in [-0.05, 0) is 6.92 Å². The molecule has 0 bridgehead atoms. The Balaban J connectivity index is 3.31. The van der Waals surface area contributed by atoms with Crippen LogP contribution in [0.25, 0.3) is 0 Å². The van der Waals surface area contributed by atoms with E-state index in [9.17, 15) is 4.79 Å². The quantitative estimate of drug-likeness (QED) is 0.366. The van der Waals surface area contributed by atoms with Crippen LogP contribution in [0, 0.1) is 0 Å². The van der Waals surface area contributed by atoms with Crippen molar-refractivity contribution in [3.8, 4) is 0 Å². The maximum absolute atomic E-state index is 10.4. The first-order valence-electron chi connectivity index (χ1n) is 3.47. The smallest absolute Gasteiger partial charge is 0.235 e. The van der Waals surface area contributed by atoms with Crippen LogP contribution in [0.1, 0.15) is 6.92 Å². The van der Waals surface area contributed by atoms with Crippen LogP contribution in [0.5, 0.6) is 0 Å². The molecule has 0 aromatic rings. The Hall–Kier alpha value is -0.650. The summed E-state index contributed by atoms with van der Waals surface area (Å²) in [6.07, 6.45) is -0.435. The molecule has 2 unspecified atom stereocenters. The van der Waals surface area contributed by atoms with Gasteiger partial charge in [-0.15, -0.1) is 0 Å². The van der Waals surface area contributed by atoms with Crippen LogP contribution < -0.4 is 16.8 Å². The van der Waals surface area contributed by atoms with Crippen LogP contribution in [0.3, 0.4) is 0 Å². The second kappa shape index (κ2) is 5.06. The van der Waals surface area contributed by atoms with Gasteiger partial charge in [-0.3, -0.25) is 4.79 Å². The normalized spacial score (nSPS) is 15.9. The van der Waals surface area contributed by atoms with Crippen LogP contribution >= 0.6 is 0 Å². The van der Waals surface area contributed by atoms with Crippen molar-refractivity contribution in [1.29, 1.82) is 0 Å². The Morgan fingerprint density at radius 2 is 2.18 bits per heavy atom. The molecule has 1 amide bonds. The lowest BCUT2D eigenvalue weighted by atomic mass is 10.3. The molecular weight excluding hydrogens is 146 g/mol. The topological polar surface area (TPSA) is 101 Å². The highest BCUT2D eigenvalue weighted by Crippen LogP contribution is 1.76. The van der Waals surface area contributed by atoms with Crippen molar-refractivity contribution in [2.45, 2.75) is 19.1 Å². The third-order valence-corrected chi connectivity index (χ3v) is 1.17. The van der Waals surface area contributed by atoms with Crippen molar-refractivity contribution in [3.05, 3.63) is 0 Å². The molecule has 0 radical (unpaired) electrons. The average Bonchev–Trinajstić information content (AvgIpc) is 1.86. The van der Waals surface area contributed by atoms with E-state index < -0.39 is 18.1 Å². The lowest BCUT2D eigenvalue weighted by Gasteiger charge is -2.09. The van der Waals surface area contributed by atoms with Crippen LogP contribution in [0.2, 0.25) is 0 Å². The molecular formula is C6H15N3O2. The lowest BCUT2D eigenvalue weighted by molar-refractivity contribution is -0.119. The van der Waals surface area contributed by atoms with E-state index in [1.807, 2.05) is 0 Å². The fraction of sp³-hybridized carbons (Fsp3) is 0.833. The molecule has 5 nitrogen and oxygen atoms in total. The highest BCUT2D eigenvalue weighted by Gasteiger charge is 2.07. The van der Waals surface area contributed by atoms with E-state index in [1.165, 1.54) is 0 Å². The molecule has 2 atom stereocenters. The first-order chi connectivity index (χ1) is 5.04. The van der Waals surface area contributed by atoms with Crippen LogP contribution in [-0.4, -0.2) is 36.2 Å². The van der Waals surface area contributed by atoms with Gasteiger partial charge in [0.05, 0.1) is 12.1 Å². The maximum Gasteiger partial charge on any atom is 0.235 e. The molecule has 0 rings (SSSR count). The minimum absolute atomic E-state index is 0.306. The van der Waals surface area contributed by atoms with E-state index >= 15 is 0 Å². The third-order valence-electron chi connectivity index (χ3n) is 1.17. The second-order valence-electron chi connectivity index (χ2n) is 2.52. The average molecular weight is 161 g/mol. The monoisotopic (exact) mass is 161 g/mol. The Bertz CT molecular complexity index is 127. The number of hydrogen-bond acceptors (Lipinski definition) is 4. The molecule has 0 aliphatic rings. The van der Waals surface area contributed by atoms with Crippen molar-refractivity contribution < 1.29 is 9.90 Å². The molecule has 6 N–H and O–H groups in total. The molecule has 0 aromatic heterocycles. The summed E-state index contributed by atoms with van der Waals surface area (Å²) < 4.78 is 0. The predicted molar refractivity (Wildman–Crippen MR) is 41.7 cm³/mol. The third kappa shape index (κ3) is 5.78. The number of carbonyl (C=O) groups is 1. The zero-order valence-corrected chi connectivity index (χ0v) is 6.58. The predicted octanol–water partition coefficient (Wildman–Crippen LogP) is -2.23. The van der Waals surface area contributed by atoms with Gasteiger partial charge in [0.2, 0.25) is 5.91 Å². The number of nitrogens with two attached hydrogens (primary N) is 2. The molecule has 11 heavy (non-hydrogen) atoms. The minimum Gasteiger partial charge on any atom is -0.392 e. The molecule has 66 valence electrons. The summed E-state index contributed by atoms with van der Waals surface area (Å²) in [5, 5.41) is 11.6. The Morgan fingerprint density at radius 1 is 1.64 bits per heavy atom. The van der Waals surface area contributed by atoms with E-state index in [4.69, 9.17) is 16.6 Å². The summed E-state index contributed by atoms with van der Waals surface area (Å²) in [5.41, 5.74) is 10.2.